The Morgan fingerprint density at radius 3 is 2.43 bits per heavy atom. The van der Waals surface area contributed by atoms with Gasteiger partial charge in [-0.3, -0.25) is 0 Å². The molecule has 1 unspecified atom stereocenters. The Morgan fingerprint density at radius 2 is 1.74 bits per heavy atom. The van der Waals surface area contributed by atoms with Crippen LogP contribution in [0, 0.1) is 0 Å². The lowest BCUT2D eigenvalue weighted by Crippen LogP contribution is -2.26. The van der Waals surface area contributed by atoms with Crippen molar-refractivity contribution >= 4 is 21.9 Å². The van der Waals surface area contributed by atoms with Crippen LogP contribution in [-0.4, -0.2) is 11.4 Å². The Labute approximate surface area is 137 Å². The van der Waals surface area contributed by atoms with E-state index in [4.69, 9.17) is 4.42 Å². The molecule has 0 fully saturated rings. The third kappa shape index (κ3) is 2.89. The molecule has 0 aliphatic carbocycles. The second kappa shape index (κ2) is 5.96. The van der Waals surface area contributed by atoms with E-state index in [2.05, 4.69) is 62.2 Å². The van der Waals surface area contributed by atoms with Gasteiger partial charge in [0.05, 0.1) is 6.04 Å². The number of nitrogens with zero attached hydrogens (tertiary/aromatic N) is 1. The van der Waals surface area contributed by atoms with Crippen LogP contribution >= 0.6 is 0 Å². The van der Waals surface area contributed by atoms with Crippen molar-refractivity contribution < 1.29 is 4.42 Å². The Kier molecular flexibility index (Phi) is 3.99. The molecule has 2 nitrogen and oxygen atoms in total. The van der Waals surface area contributed by atoms with Crippen LogP contribution < -0.4 is 0 Å². The van der Waals surface area contributed by atoms with Crippen molar-refractivity contribution in [3.8, 4) is 0 Å². The highest BCUT2D eigenvalue weighted by Crippen LogP contribution is 2.32. The summed E-state index contributed by atoms with van der Waals surface area (Å²) in [6.07, 6.45) is 0. The SMILES string of the molecule is C=C(C)CN(C(=C)C)C(C)c1ccc2oc3ccccc3c2c1. The topological polar surface area (TPSA) is 16.4 Å². The summed E-state index contributed by atoms with van der Waals surface area (Å²) in [7, 11) is 0. The minimum atomic E-state index is 0.238. The number of furan rings is 1. The molecule has 1 aromatic heterocycles. The van der Waals surface area contributed by atoms with Crippen LogP contribution in [0.25, 0.3) is 21.9 Å². The average molecular weight is 305 g/mol. The number of hydrogen-bond acceptors (Lipinski definition) is 2. The summed E-state index contributed by atoms with van der Waals surface area (Å²) in [5.74, 6) is 0. The van der Waals surface area contributed by atoms with Crippen LogP contribution in [0.3, 0.4) is 0 Å². The first-order valence-electron chi connectivity index (χ1n) is 7.95. The van der Waals surface area contributed by atoms with Gasteiger partial charge in [-0.1, -0.05) is 43.0 Å². The monoisotopic (exact) mass is 305 g/mol. The van der Waals surface area contributed by atoms with E-state index in [1.54, 1.807) is 0 Å². The van der Waals surface area contributed by atoms with Gasteiger partial charge in [0.1, 0.15) is 11.2 Å². The Bertz CT molecular complexity index is 887. The van der Waals surface area contributed by atoms with Gasteiger partial charge in [0, 0.05) is 23.0 Å². The molecule has 0 saturated heterocycles. The van der Waals surface area contributed by atoms with Crippen LogP contribution in [0.15, 0.2) is 71.3 Å². The van der Waals surface area contributed by atoms with Gasteiger partial charge in [0.25, 0.3) is 0 Å². The van der Waals surface area contributed by atoms with Gasteiger partial charge < -0.3 is 9.32 Å². The molecule has 23 heavy (non-hydrogen) atoms. The van der Waals surface area contributed by atoms with E-state index in [-0.39, 0.29) is 6.04 Å². The summed E-state index contributed by atoms with van der Waals surface area (Å²) in [5, 5.41) is 2.33. The molecule has 1 atom stereocenters. The van der Waals surface area contributed by atoms with E-state index >= 15 is 0 Å². The second-order valence-electron chi connectivity index (χ2n) is 6.35. The number of allylic oxidation sites excluding steroid dienone is 1. The summed E-state index contributed by atoms with van der Waals surface area (Å²) in [5.41, 5.74) is 5.32. The summed E-state index contributed by atoms with van der Waals surface area (Å²) in [6.45, 7) is 15.3. The molecule has 0 amide bonds. The molecule has 3 rings (SSSR count). The van der Waals surface area contributed by atoms with Crippen LogP contribution in [-0.2, 0) is 0 Å². The zero-order valence-corrected chi connectivity index (χ0v) is 14.1. The van der Waals surface area contributed by atoms with E-state index in [9.17, 15) is 0 Å². The number of hydrogen-bond donors (Lipinski definition) is 0. The Hall–Kier alpha value is -2.48. The lowest BCUT2D eigenvalue weighted by atomic mass is 10.0. The molecular formula is C21H23NO. The molecule has 2 aromatic carbocycles. The fourth-order valence-electron chi connectivity index (χ4n) is 3.08. The summed E-state index contributed by atoms with van der Waals surface area (Å²) < 4.78 is 5.91. The molecule has 0 radical (unpaired) electrons. The fraction of sp³-hybridized carbons (Fsp3) is 0.238. The lowest BCUT2D eigenvalue weighted by Gasteiger charge is -2.32. The molecule has 0 spiro atoms. The number of benzene rings is 2. The van der Waals surface area contributed by atoms with Gasteiger partial charge in [-0.2, -0.15) is 0 Å². The Morgan fingerprint density at radius 1 is 1.04 bits per heavy atom. The van der Waals surface area contributed by atoms with Crippen LogP contribution in [0.1, 0.15) is 32.4 Å². The van der Waals surface area contributed by atoms with Crippen molar-refractivity contribution in [2.75, 3.05) is 6.54 Å². The largest absolute Gasteiger partial charge is 0.456 e. The molecule has 3 aromatic rings. The first-order chi connectivity index (χ1) is 11.0. The van der Waals surface area contributed by atoms with Gasteiger partial charge in [-0.05, 0) is 44.5 Å². The molecule has 0 saturated carbocycles. The molecule has 118 valence electrons. The first kappa shape index (κ1) is 15.4. The van der Waals surface area contributed by atoms with Gasteiger partial charge >= 0.3 is 0 Å². The molecule has 1 heterocycles. The van der Waals surface area contributed by atoms with Crippen molar-refractivity contribution in [3.05, 3.63) is 72.5 Å². The zero-order valence-electron chi connectivity index (χ0n) is 14.1. The molecule has 0 N–H and O–H groups in total. The van der Waals surface area contributed by atoms with E-state index in [0.29, 0.717) is 0 Å². The van der Waals surface area contributed by atoms with Crippen molar-refractivity contribution in [1.29, 1.82) is 0 Å². The third-order valence-electron chi connectivity index (χ3n) is 4.28. The average Bonchev–Trinajstić information content (AvgIpc) is 2.89. The van der Waals surface area contributed by atoms with Crippen LogP contribution in [0.4, 0.5) is 0 Å². The predicted molar refractivity (Wildman–Crippen MR) is 98.5 cm³/mol. The summed E-state index contributed by atoms with van der Waals surface area (Å²) in [6, 6.07) is 14.9. The Balaban J connectivity index is 2.06. The molecule has 0 bridgehead atoms. The first-order valence-corrected chi connectivity index (χ1v) is 7.95. The maximum atomic E-state index is 5.91. The summed E-state index contributed by atoms with van der Waals surface area (Å²) >= 11 is 0. The fourth-order valence-corrected chi connectivity index (χ4v) is 3.08. The molecule has 0 aliphatic heterocycles. The van der Waals surface area contributed by atoms with E-state index in [1.165, 1.54) is 16.3 Å². The summed E-state index contributed by atoms with van der Waals surface area (Å²) in [4.78, 5) is 2.28. The zero-order chi connectivity index (χ0) is 16.6. The van der Waals surface area contributed by atoms with Gasteiger partial charge in [-0.25, -0.2) is 0 Å². The highest BCUT2D eigenvalue weighted by atomic mass is 16.3. The highest BCUT2D eigenvalue weighted by Gasteiger charge is 2.17. The maximum Gasteiger partial charge on any atom is 0.135 e. The normalized spacial score (nSPS) is 12.5. The second-order valence-corrected chi connectivity index (χ2v) is 6.35. The van der Waals surface area contributed by atoms with E-state index in [0.717, 1.165) is 29.0 Å². The molecular weight excluding hydrogens is 282 g/mol. The maximum absolute atomic E-state index is 5.91. The number of rotatable bonds is 5. The van der Waals surface area contributed by atoms with Crippen LogP contribution in [0.5, 0.6) is 0 Å². The van der Waals surface area contributed by atoms with Gasteiger partial charge in [-0.15, -0.1) is 0 Å². The lowest BCUT2D eigenvalue weighted by molar-refractivity contribution is 0.295. The highest BCUT2D eigenvalue weighted by molar-refractivity contribution is 6.05. The van der Waals surface area contributed by atoms with Crippen molar-refractivity contribution in [1.82, 2.24) is 4.90 Å². The molecule has 0 aliphatic rings. The smallest absolute Gasteiger partial charge is 0.135 e. The minimum absolute atomic E-state index is 0.238. The molecule has 2 heteroatoms. The quantitative estimate of drug-likeness (QED) is 0.533. The van der Waals surface area contributed by atoms with Gasteiger partial charge in [0.15, 0.2) is 0 Å². The van der Waals surface area contributed by atoms with Crippen molar-refractivity contribution in [2.24, 2.45) is 0 Å². The number of para-hydroxylation sites is 1. The number of fused-ring (bicyclic) bond motifs is 3. The van der Waals surface area contributed by atoms with E-state index in [1.807, 2.05) is 19.1 Å². The van der Waals surface area contributed by atoms with Crippen molar-refractivity contribution in [3.63, 3.8) is 0 Å². The van der Waals surface area contributed by atoms with E-state index < -0.39 is 0 Å². The van der Waals surface area contributed by atoms with Crippen molar-refractivity contribution in [2.45, 2.75) is 26.8 Å². The van der Waals surface area contributed by atoms with Crippen LogP contribution in [0.2, 0.25) is 0 Å². The third-order valence-corrected chi connectivity index (χ3v) is 4.28. The minimum Gasteiger partial charge on any atom is -0.456 e. The standard InChI is InChI=1S/C21H23NO/c1-14(2)13-22(15(3)4)16(5)17-10-11-21-19(12-17)18-8-6-7-9-20(18)23-21/h6-12,16H,1,3,13H2,2,4-5H3. The van der Waals surface area contributed by atoms with Gasteiger partial charge in [0.2, 0.25) is 0 Å². The predicted octanol–water partition coefficient (Wildman–Crippen LogP) is 6.06.